The van der Waals surface area contributed by atoms with Crippen molar-refractivity contribution in [1.29, 1.82) is 0 Å². The summed E-state index contributed by atoms with van der Waals surface area (Å²) in [5.74, 6) is 0. The Morgan fingerprint density at radius 1 is 1.27 bits per heavy atom. The van der Waals surface area contributed by atoms with Gasteiger partial charge in [0.05, 0.1) is 23.3 Å². The van der Waals surface area contributed by atoms with Gasteiger partial charge >= 0.3 is 0 Å². The van der Waals surface area contributed by atoms with Crippen LogP contribution in [0, 0.1) is 0 Å². The third-order valence-electron chi connectivity index (χ3n) is 3.73. The minimum atomic E-state index is 0.00710. The van der Waals surface area contributed by atoms with Gasteiger partial charge < -0.3 is 15.4 Å². The molecule has 0 aromatic heterocycles. The maximum Gasteiger partial charge on any atom is 0.170 e. The Balaban J connectivity index is 1.84. The van der Waals surface area contributed by atoms with Crippen LogP contribution in [0.4, 0.5) is 5.69 Å². The average Bonchev–Trinajstić information content (AvgIpc) is 2.50. The van der Waals surface area contributed by atoms with E-state index in [2.05, 4.69) is 29.4 Å². The van der Waals surface area contributed by atoms with Gasteiger partial charge in [-0.05, 0) is 44.3 Å². The van der Waals surface area contributed by atoms with Gasteiger partial charge in [0.2, 0.25) is 0 Å². The Morgan fingerprint density at radius 2 is 1.95 bits per heavy atom. The number of benzene rings is 1. The van der Waals surface area contributed by atoms with Crippen molar-refractivity contribution in [1.82, 2.24) is 10.2 Å². The number of halogens is 2. The van der Waals surface area contributed by atoms with Crippen LogP contribution >= 0.6 is 35.4 Å². The molecule has 1 fully saturated rings. The van der Waals surface area contributed by atoms with Gasteiger partial charge in [-0.1, -0.05) is 23.2 Å². The first-order valence-electron chi connectivity index (χ1n) is 7.21. The van der Waals surface area contributed by atoms with E-state index >= 15 is 0 Å². The maximum atomic E-state index is 5.99. The molecule has 1 aliphatic rings. The first-order chi connectivity index (χ1) is 10.4. The maximum absolute atomic E-state index is 5.99. The molecule has 0 atom stereocenters. The van der Waals surface area contributed by atoms with Crippen LogP contribution in [0.5, 0.6) is 0 Å². The van der Waals surface area contributed by atoms with E-state index in [1.807, 2.05) is 6.07 Å². The number of hydrogen-bond donors (Lipinski definition) is 2. The standard InChI is InChI=1S/C15H21Cl2N3OS/c1-15(2,20-5-7-21-8-6-20)10-18-14(22)19-11-3-4-12(16)13(17)9-11/h3-4,9H,5-8,10H2,1-2H3,(H2,18,19,22). The molecule has 4 nitrogen and oxygen atoms in total. The second-order valence-corrected chi connectivity index (χ2v) is 7.07. The fourth-order valence-corrected chi connectivity index (χ4v) is 2.81. The highest BCUT2D eigenvalue weighted by molar-refractivity contribution is 7.80. The normalized spacial score (nSPS) is 16.4. The largest absolute Gasteiger partial charge is 0.379 e. The molecule has 1 aliphatic heterocycles. The van der Waals surface area contributed by atoms with Gasteiger partial charge in [-0.2, -0.15) is 0 Å². The lowest BCUT2D eigenvalue weighted by Crippen LogP contribution is -2.55. The van der Waals surface area contributed by atoms with Gasteiger partial charge in [0.25, 0.3) is 0 Å². The van der Waals surface area contributed by atoms with E-state index in [-0.39, 0.29) is 5.54 Å². The summed E-state index contributed by atoms with van der Waals surface area (Å²) in [4.78, 5) is 2.41. The highest BCUT2D eigenvalue weighted by atomic mass is 35.5. The van der Waals surface area contributed by atoms with Crippen LogP contribution < -0.4 is 10.6 Å². The molecule has 1 saturated heterocycles. The molecule has 0 spiro atoms. The van der Waals surface area contributed by atoms with Gasteiger partial charge in [0.15, 0.2) is 5.11 Å². The van der Waals surface area contributed by atoms with Gasteiger partial charge in [-0.25, -0.2) is 0 Å². The molecule has 0 bridgehead atoms. The Kier molecular flexibility index (Phi) is 6.29. The van der Waals surface area contributed by atoms with Crippen LogP contribution in [0.2, 0.25) is 10.0 Å². The third kappa shape index (κ3) is 4.96. The van der Waals surface area contributed by atoms with Gasteiger partial charge in [-0.3, -0.25) is 4.90 Å². The Bertz CT molecular complexity index is 534. The zero-order chi connectivity index (χ0) is 16.2. The van der Waals surface area contributed by atoms with Crippen molar-refractivity contribution in [3.63, 3.8) is 0 Å². The molecule has 1 aromatic carbocycles. The molecule has 7 heteroatoms. The molecule has 2 N–H and O–H groups in total. The van der Waals surface area contributed by atoms with Gasteiger partial charge in [0.1, 0.15) is 0 Å². The lowest BCUT2D eigenvalue weighted by Gasteiger charge is -2.41. The van der Waals surface area contributed by atoms with Crippen LogP contribution in [0.1, 0.15) is 13.8 Å². The number of anilines is 1. The molecule has 122 valence electrons. The summed E-state index contributed by atoms with van der Waals surface area (Å²) in [6.07, 6.45) is 0. The van der Waals surface area contributed by atoms with Crippen molar-refractivity contribution in [2.45, 2.75) is 19.4 Å². The summed E-state index contributed by atoms with van der Waals surface area (Å²) in [6.45, 7) is 8.62. The van der Waals surface area contributed by atoms with Crippen LogP contribution in [-0.4, -0.2) is 48.4 Å². The highest BCUT2D eigenvalue weighted by Gasteiger charge is 2.28. The van der Waals surface area contributed by atoms with E-state index in [1.165, 1.54) is 0 Å². The first kappa shape index (κ1) is 17.8. The summed E-state index contributed by atoms with van der Waals surface area (Å²) >= 11 is 17.2. The average molecular weight is 362 g/mol. The Labute approximate surface area is 147 Å². The predicted octanol–water partition coefficient (Wildman–Crippen LogP) is 3.39. The van der Waals surface area contributed by atoms with Gasteiger partial charge in [0, 0.05) is 30.9 Å². The summed E-state index contributed by atoms with van der Waals surface area (Å²) in [5, 5.41) is 7.98. The highest BCUT2D eigenvalue weighted by Crippen LogP contribution is 2.25. The number of thiocarbonyl (C=S) groups is 1. The topological polar surface area (TPSA) is 36.5 Å². The Hall–Kier alpha value is -0.590. The summed E-state index contributed by atoms with van der Waals surface area (Å²) < 4.78 is 5.40. The van der Waals surface area contributed by atoms with Crippen LogP contribution in [0.25, 0.3) is 0 Å². The number of hydrogen-bond acceptors (Lipinski definition) is 3. The van der Waals surface area contributed by atoms with E-state index in [9.17, 15) is 0 Å². The number of ether oxygens (including phenoxy) is 1. The predicted molar refractivity (Wildman–Crippen MR) is 97.2 cm³/mol. The van der Waals surface area contributed by atoms with Crippen molar-refractivity contribution in [3.8, 4) is 0 Å². The van der Waals surface area contributed by atoms with Crippen molar-refractivity contribution in [2.75, 3.05) is 38.2 Å². The molecule has 0 amide bonds. The zero-order valence-corrected chi connectivity index (χ0v) is 15.1. The number of nitrogens with zero attached hydrogens (tertiary/aromatic N) is 1. The molecule has 1 heterocycles. The molecule has 0 aliphatic carbocycles. The monoisotopic (exact) mass is 361 g/mol. The fourth-order valence-electron chi connectivity index (χ4n) is 2.33. The molecular formula is C15H21Cl2N3OS. The van der Waals surface area contributed by atoms with Crippen LogP contribution in [0.15, 0.2) is 18.2 Å². The quantitative estimate of drug-likeness (QED) is 0.803. The Morgan fingerprint density at radius 3 is 2.59 bits per heavy atom. The van der Waals surface area contributed by atoms with Crippen molar-refractivity contribution in [2.24, 2.45) is 0 Å². The van der Waals surface area contributed by atoms with Gasteiger partial charge in [-0.15, -0.1) is 0 Å². The summed E-state index contributed by atoms with van der Waals surface area (Å²) in [5.41, 5.74) is 0.823. The third-order valence-corrected chi connectivity index (χ3v) is 4.71. The van der Waals surface area contributed by atoms with E-state index in [0.29, 0.717) is 15.2 Å². The van der Waals surface area contributed by atoms with Crippen molar-refractivity contribution >= 4 is 46.2 Å². The molecule has 22 heavy (non-hydrogen) atoms. The molecular weight excluding hydrogens is 341 g/mol. The molecule has 0 radical (unpaired) electrons. The van der Waals surface area contributed by atoms with Crippen molar-refractivity contribution < 1.29 is 4.74 Å². The lowest BCUT2D eigenvalue weighted by molar-refractivity contribution is -0.00823. The van der Waals surface area contributed by atoms with E-state index in [4.69, 9.17) is 40.2 Å². The number of rotatable bonds is 4. The first-order valence-corrected chi connectivity index (χ1v) is 8.37. The van der Waals surface area contributed by atoms with Crippen LogP contribution in [0.3, 0.4) is 0 Å². The second-order valence-electron chi connectivity index (χ2n) is 5.85. The van der Waals surface area contributed by atoms with Crippen molar-refractivity contribution in [3.05, 3.63) is 28.2 Å². The molecule has 1 aromatic rings. The molecule has 0 unspecified atom stereocenters. The number of nitrogens with one attached hydrogen (secondary N) is 2. The lowest BCUT2D eigenvalue weighted by atomic mass is 10.0. The fraction of sp³-hybridized carbons (Fsp3) is 0.533. The number of morpholine rings is 1. The smallest absolute Gasteiger partial charge is 0.170 e. The SMILES string of the molecule is CC(C)(CNC(=S)Nc1ccc(Cl)c(Cl)c1)N1CCOCC1. The summed E-state index contributed by atoms with van der Waals surface area (Å²) in [6, 6.07) is 5.34. The van der Waals surface area contributed by atoms with E-state index in [1.54, 1.807) is 12.1 Å². The summed E-state index contributed by atoms with van der Waals surface area (Å²) in [7, 11) is 0. The minimum Gasteiger partial charge on any atom is -0.379 e. The minimum absolute atomic E-state index is 0.00710. The zero-order valence-electron chi connectivity index (χ0n) is 12.8. The molecule has 2 rings (SSSR count). The van der Waals surface area contributed by atoms with E-state index in [0.717, 1.165) is 38.5 Å². The second kappa shape index (κ2) is 7.79. The van der Waals surface area contributed by atoms with E-state index < -0.39 is 0 Å². The molecule has 0 saturated carbocycles. The van der Waals surface area contributed by atoms with Crippen LogP contribution in [-0.2, 0) is 4.74 Å².